The Balaban J connectivity index is 3.17. The summed E-state index contributed by atoms with van der Waals surface area (Å²) in [5, 5.41) is 0. The molecule has 18 heavy (non-hydrogen) atoms. The summed E-state index contributed by atoms with van der Waals surface area (Å²) in [5.41, 5.74) is 8.33. The van der Waals surface area contributed by atoms with Crippen LogP contribution in [0.25, 0.3) is 0 Å². The second-order valence-corrected chi connectivity index (χ2v) is 7.33. The van der Waals surface area contributed by atoms with Crippen LogP contribution in [0.15, 0.2) is 17.0 Å². The van der Waals surface area contributed by atoms with Gasteiger partial charge in [0, 0.05) is 16.2 Å². The number of hydrogen-bond acceptors (Lipinski definition) is 3. The quantitative estimate of drug-likeness (QED) is 0.820. The van der Waals surface area contributed by atoms with Gasteiger partial charge in [0.05, 0.1) is 7.11 Å². The van der Waals surface area contributed by atoms with E-state index in [4.69, 9.17) is 10.5 Å². The van der Waals surface area contributed by atoms with Gasteiger partial charge in [0.15, 0.2) is 0 Å². The van der Waals surface area contributed by atoms with E-state index >= 15 is 0 Å². The van der Waals surface area contributed by atoms with Gasteiger partial charge in [0.2, 0.25) is 0 Å². The Morgan fingerprint density at radius 2 is 1.94 bits per heavy atom. The first kappa shape index (κ1) is 15.4. The summed E-state index contributed by atoms with van der Waals surface area (Å²) in [6, 6.07) is 4.38. The molecule has 0 aliphatic carbocycles. The summed E-state index contributed by atoms with van der Waals surface area (Å²) in [6.07, 6.45) is 0. The molecule has 0 saturated carbocycles. The van der Waals surface area contributed by atoms with Gasteiger partial charge in [-0.3, -0.25) is 0 Å². The summed E-state index contributed by atoms with van der Waals surface area (Å²) in [7, 11) is 1.73. The molecule has 0 saturated heterocycles. The molecule has 0 spiro atoms. The van der Waals surface area contributed by atoms with E-state index in [-0.39, 0.29) is 4.75 Å². The standard InChI is InChI=1S/C15H25NOS/c1-10(2)12-8-14(18-15(4,5)9-16)11(3)7-13(12)17-6/h7-8,10H,9,16H2,1-6H3. The molecule has 0 radical (unpaired) electrons. The average Bonchev–Trinajstić information content (AvgIpc) is 2.30. The Bertz CT molecular complexity index is 413. The maximum Gasteiger partial charge on any atom is 0.122 e. The predicted molar refractivity (Wildman–Crippen MR) is 80.8 cm³/mol. The molecule has 0 aliphatic heterocycles. The van der Waals surface area contributed by atoms with Gasteiger partial charge in [-0.2, -0.15) is 0 Å². The zero-order valence-corrected chi connectivity index (χ0v) is 13.1. The zero-order chi connectivity index (χ0) is 13.9. The van der Waals surface area contributed by atoms with Gasteiger partial charge in [0.25, 0.3) is 0 Å². The van der Waals surface area contributed by atoms with Crippen molar-refractivity contribution in [2.75, 3.05) is 13.7 Å². The van der Waals surface area contributed by atoms with E-state index in [1.54, 1.807) is 7.11 Å². The molecule has 1 aromatic rings. The highest BCUT2D eigenvalue weighted by atomic mass is 32.2. The van der Waals surface area contributed by atoms with Crippen molar-refractivity contribution in [3.8, 4) is 5.75 Å². The third-order valence-electron chi connectivity index (χ3n) is 3.03. The Morgan fingerprint density at radius 1 is 1.33 bits per heavy atom. The fraction of sp³-hybridized carbons (Fsp3) is 0.600. The van der Waals surface area contributed by atoms with E-state index < -0.39 is 0 Å². The first-order valence-electron chi connectivity index (χ1n) is 6.38. The second-order valence-electron chi connectivity index (χ2n) is 5.58. The molecule has 1 aromatic carbocycles. The Hall–Kier alpha value is -0.670. The molecule has 102 valence electrons. The monoisotopic (exact) mass is 267 g/mol. The largest absolute Gasteiger partial charge is 0.496 e. The van der Waals surface area contributed by atoms with Crippen molar-refractivity contribution in [1.29, 1.82) is 0 Å². The van der Waals surface area contributed by atoms with Crippen LogP contribution in [0.3, 0.4) is 0 Å². The number of thioether (sulfide) groups is 1. The number of hydrogen-bond donors (Lipinski definition) is 1. The number of ether oxygens (including phenoxy) is 1. The zero-order valence-electron chi connectivity index (χ0n) is 12.3. The van der Waals surface area contributed by atoms with Gasteiger partial charge in [0.1, 0.15) is 5.75 Å². The van der Waals surface area contributed by atoms with Gasteiger partial charge in [-0.25, -0.2) is 0 Å². The summed E-state index contributed by atoms with van der Waals surface area (Å²) in [4.78, 5) is 1.30. The lowest BCUT2D eigenvalue weighted by molar-refractivity contribution is 0.406. The summed E-state index contributed by atoms with van der Waals surface area (Å²) < 4.78 is 5.53. The van der Waals surface area contributed by atoms with Crippen LogP contribution in [0.2, 0.25) is 0 Å². The summed E-state index contributed by atoms with van der Waals surface area (Å²) in [6.45, 7) is 11.5. The maximum atomic E-state index is 5.81. The van der Waals surface area contributed by atoms with E-state index in [1.807, 2.05) is 11.8 Å². The number of methoxy groups -OCH3 is 1. The van der Waals surface area contributed by atoms with Crippen LogP contribution in [0.1, 0.15) is 44.7 Å². The molecule has 2 nitrogen and oxygen atoms in total. The van der Waals surface area contributed by atoms with Gasteiger partial charge in [-0.1, -0.05) is 13.8 Å². The minimum atomic E-state index is 0.0631. The summed E-state index contributed by atoms with van der Waals surface area (Å²) in [5.74, 6) is 1.44. The Kier molecular flexibility index (Phi) is 5.11. The fourth-order valence-corrected chi connectivity index (χ4v) is 2.84. The van der Waals surface area contributed by atoms with E-state index in [1.165, 1.54) is 16.0 Å². The van der Waals surface area contributed by atoms with Crippen LogP contribution in [0, 0.1) is 6.92 Å². The van der Waals surface area contributed by atoms with E-state index in [0.717, 1.165) is 5.75 Å². The first-order chi connectivity index (χ1) is 8.30. The number of aryl methyl sites for hydroxylation is 1. The van der Waals surface area contributed by atoms with Crippen LogP contribution in [0.4, 0.5) is 0 Å². The highest BCUT2D eigenvalue weighted by molar-refractivity contribution is 8.00. The second kappa shape index (κ2) is 5.98. The van der Waals surface area contributed by atoms with E-state index in [9.17, 15) is 0 Å². The number of benzene rings is 1. The van der Waals surface area contributed by atoms with E-state index in [2.05, 4.69) is 46.8 Å². The Labute approximate surface area is 115 Å². The molecule has 0 aromatic heterocycles. The molecule has 3 heteroatoms. The lowest BCUT2D eigenvalue weighted by atomic mass is 10.0. The van der Waals surface area contributed by atoms with Gasteiger partial charge in [-0.05, 0) is 49.9 Å². The smallest absolute Gasteiger partial charge is 0.122 e. The number of rotatable bonds is 5. The van der Waals surface area contributed by atoms with Crippen molar-refractivity contribution >= 4 is 11.8 Å². The fourth-order valence-electron chi connectivity index (χ4n) is 1.75. The first-order valence-corrected chi connectivity index (χ1v) is 7.20. The molecule has 0 heterocycles. The van der Waals surface area contributed by atoms with Crippen LogP contribution in [-0.2, 0) is 0 Å². The van der Waals surface area contributed by atoms with Crippen LogP contribution >= 0.6 is 11.8 Å². The predicted octanol–water partition coefficient (Wildman–Crippen LogP) is 3.96. The third kappa shape index (κ3) is 3.66. The van der Waals surface area contributed by atoms with Gasteiger partial charge in [-0.15, -0.1) is 11.8 Å². The minimum Gasteiger partial charge on any atom is -0.496 e. The molecule has 0 fully saturated rings. The highest BCUT2D eigenvalue weighted by Crippen LogP contribution is 2.38. The third-order valence-corrected chi connectivity index (χ3v) is 4.41. The van der Waals surface area contributed by atoms with Crippen LogP contribution in [-0.4, -0.2) is 18.4 Å². The van der Waals surface area contributed by atoms with E-state index in [0.29, 0.717) is 12.5 Å². The molecule has 0 bridgehead atoms. The van der Waals surface area contributed by atoms with Crippen molar-refractivity contribution in [3.05, 3.63) is 23.3 Å². The SMILES string of the molecule is COc1cc(C)c(SC(C)(C)CN)cc1C(C)C. The van der Waals surface area contributed by atoms with Gasteiger partial charge >= 0.3 is 0 Å². The molecular weight excluding hydrogens is 242 g/mol. The molecule has 2 N–H and O–H groups in total. The van der Waals surface area contributed by atoms with Crippen LogP contribution < -0.4 is 10.5 Å². The van der Waals surface area contributed by atoms with Crippen molar-refractivity contribution in [3.63, 3.8) is 0 Å². The van der Waals surface area contributed by atoms with Gasteiger partial charge < -0.3 is 10.5 Å². The van der Waals surface area contributed by atoms with Crippen molar-refractivity contribution in [2.24, 2.45) is 5.73 Å². The topological polar surface area (TPSA) is 35.2 Å². The Morgan fingerprint density at radius 3 is 2.39 bits per heavy atom. The molecule has 0 unspecified atom stereocenters. The molecular formula is C15H25NOS. The lowest BCUT2D eigenvalue weighted by Crippen LogP contribution is -2.26. The summed E-state index contributed by atoms with van der Waals surface area (Å²) >= 11 is 1.84. The van der Waals surface area contributed by atoms with Crippen molar-refractivity contribution < 1.29 is 4.74 Å². The minimum absolute atomic E-state index is 0.0631. The lowest BCUT2D eigenvalue weighted by Gasteiger charge is -2.24. The number of nitrogens with two attached hydrogens (primary N) is 1. The molecule has 0 amide bonds. The average molecular weight is 267 g/mol. The maximum absolute atomic E-state index is 5.81. The van der Waals surface area contributed by atoms with Crippen LogP contribution in [0.5, 0.6) is 5.75 Å². The molecule has 1 rings (SSSR count). The normalized spacial score (nSPS) is 12.0. The van der Waals surface area contributed by atoms with Crippen molar-refractivity contribution in [1.82, 2.24) is 0 Å². The molecule has 0 aliphatic rings. The highest BCUT2D eigenvalue weighted by Gasteiger charge is 2.20. The molecule has 0 atom stereocenters. The van der Waals surface area contributed by atoms with Crippen molar-refractivity contribution in [2.45, 2.75) is 50.2 Å².